The van der Waals surface area contributed by atoms with Gasteiger partial charge in [0.15, 0.2) is 11.5 Å². The Bertz CT molecular complexity index is 1210. The van der Waals surface area contributed by atoms with Gasteiger partial charge in [0.1, 0.15) is 6.54 Å². The van der Waals surface area contributed by atoms with Crippen molar-refractivity contribution in [3.8, 4) is 11.3 Å². The molecule has 0 atom stereocenters. The van der Waals surface area contributed by atoms with Crippen LogP contribution in [0.15, 0.2) is 40.1 Å². The Morgan fingerprint density at radius 2 is 2.07 bits per heavy atom. The number of amides is 1. The van der Waals surface area contributed by atoms with Crippen LogP contribution in [0, 0.1) is 13.8 Å². The monoisotopic (exact) mass is 395 g/mol. The number of carbonyl (C=O) groups is 1. The minimum Gasteiger partial charge on any atom is -0.347 e. The second-order valence-corrected chi connectivity index (χ2v) is 7.06. The van der Waals surface area contributed by atoms with Gasteiger partial charge in [-0.25, -0.2) is 4.98 Å². The van der Waals surface area contributed by atoms with E-state index in [1.54, 1.807) is 29.7 Å². The lowest BCUT2D eigenvalue weighted by Gasteiger charge is -2.08. The SMILES string of the molecule is Cc1ncn(CC(=O)NCc2nnc3ccc(-c4ccsc4)nn23)c(=O)c1C. The molecule has 0 saturated heterocycles. The van der Waals surface area contributed by atoms with E-state index < -0.39 is 0 Å². The second-order valence-electron chi connectivity index (χ2n) is 6.28. The van der Waals surface area contributed by atoms with E-state index in [1.807, 2.05) is 29.0 Å². The van der Waals surface area contributed by atoms with Crippen LogP contribution in [0.5, 0.6) is 0 Å². The first-order chi connectivity index (χ1) is 13.5. The van der Waals surface area contributed by atoms with Crippen molar-refractivity contribution in [2.45, 2.75) is 26.9 Å². The topological polar surface area (TPSA) is 107 Å². The number of rotatable bonds is 5. The van der Waals surface area contributed by atoms with Gasteiger partial charge in [-0.1, -0.05) is 0 Å². The van der Waals surface area contributed by atoms with E-state index in [0.29, 0.717) is 22.7 Å². The molecule has 0 saturated carbocycles. The Morgan fingerprint density at radius 3 is 2.86 bits per heavy atom. The maximum absolute atomic E-state index is 12.3. The van der Waals surface area contributed by atoms with Crippen LogP contribution in [0.25, 0.3) is 16.9 Å². The number of hydrogen-bond acceptors (Lipinski definition) is 7. The van der Waals surface area contributed by atoms with Gasteiger partial charge in [-0.3, -0.25) is 14.2 Å². The summed E-state index contributed by atoms with van der Waals surface area (Å²) >= 11 is 1.59. The summed E-state index contributed by atoms with van der Waals surface area (Å²) in [4.78, 5) is 28.6. The standard InChI is InChI=1S/C18H17N7O2S/c1-11-12(2)20-10-24(18(11)27)8-17(26)19-7-16-22-21-15-4-3-14(23-25(15)16)13-5-6-28-9-13/h3-6,9-10H,7-8H2,1-2H3,(H,19,26). The van der Waals surface area contributed by atoms with Gasteiger partial charge in [0.2, 0.25) is 5.91 Å². The Labute approximate surface area is 163 Å². The highest BCUT2D eigenvalue weighted by molar-refractivity contribution is 7.08. The minimum atomic E-state index is -0.321. The van der Waals surface area contributed by atoms with Crippen molar-refractivity contribution in [3.63, 3.8) is 0 Å². The van der Waals surface area contributed by atoms with Gasteiger partial charge >= 0.3 is 0 Å². The minimum absolute atomic E-state index is 0.114. The molecule has 1 N–H and O–H groups in total. The summed E-state index contributed by atoms with van der Waals surface area (Å²) in [5, 5.41) is 19.5. The Morgan fingerprint density at radius 1 is 1.21 bits per heavy atom. The molecule has 0 aromatic carbocycles. The zero-order valence-corrected chi connectivity index (χ0v) is 16.1. The molecule has 0 aliphatic carbocycles. The van der Waals surface area contributed by atoms with Gasteiger partial charge in [-0.2, -0.15) is 21.0 Å². The van der Waals surface area contributed by atoms with Crippen LogP contribution in [0.1, 0.15) is 17.1 Å². The second kappa shape index (κ2) is 7.31. The third-order valence-electron chi connectivity index (χ3n) is 4.42. The van der Waals surface area contributed by atoms with E-state index in [4.69, 9.17) is 0 Å². The van der Waals surface area contributed by atoms with Gasteiger partial charge in [-0.05, 0) is 37.4 Å². The van der Waals surface area contributed by atoms with E-state index in [1.165, 1.54) is 10.9 Å². The van der Waals surface area contributed by atoms with E-state index in [2.05, 4.69) is 25.6 Å². The molecular formula is C18H17N7O2S. The molecule has 0 aliphatic rings. The molecule has 1 amide bonds. The van der Waals surface area contributed by atoms with Crippen LogP contribution in [0.4, 0.5) is 0 Å². The molecule has 28 heavy (non-hydrogen) atoms. The van der Waals surface area contributed by atoms with E-state index in [9.17, 15) is 9.59 Å². The van der Waals surface area contributed by atoms with Crippen molar-refractivity contribution in [3.05, 3.63) is 62.7 Å². The fraction of sp³-hybridized carbons (Fsp3) is 0.222. The average Bonchev–Trinajstić information content (AvgIpc) is 3.36. The third kappa shape index (κ3) is 3.41. The van der Waals surface area contributed by atoms with Crippen LogP contribution in [0.2, 0.25) is 0 Å². The maximum atomic E-state index is 12.3. The number of nitrogens with zero attached hydrogens (tertiary/aromatic N) is 6. The van der Waals surface area contributed by atoms with Crippen molar-refractivity contribution in [2.24, 2.45) is 0 Å². The van der Waals surface area contributed by atoms with Gasteiger partial charge in [-0.15, -0.1) is 10.2 Å². The number of fused-ring (bicyclic) bond motifs is 1. The highest BCUT2D eigenvalue weighted by Crippen LogP contribution is 2.20. The molecule has 4 rings (SSSR count). The lowest BCUT2D eigenvalue weighted by Crippen LogP contribution is -2.33. The quantitative estimate of drug-likeness (QED) is 0.546. The summed E-state index contributed by atoms with van der Waals surface area (Å²) in [6, 6.07) is 5.70. The summed E-state index contributed by atoms with van der Waals surface area (Å²) in [7, 11) is 0. The molecule has 0 aliphatic heterocycles. The Balaban J connectivity index is 1.49. The molecule has 4 aromatic rings. The van der Waals surface area contributed by atoms with Gasteiger partial charge in [0, 0.05) is 22.2 Å². The molecule has 0 radical (unpaired) electrons. The summed E-state index contributed by atoms with van der Waals surface area (Å²) in [5.41, 5.74) is 3.37. The van der Waals surface area contributed by atoms with Crippen molar-refractivity contribution >= 4 is 22.9 Å². The van der Waals surface area contributed by atoms with Gasteiger partial charge in [0.25, 0.3) is 5.56 Å². The molecule has 4 aromatic heterocycles. The van der Waals surface area contributed by atoms with Crippen LogP contribution in [0.3, 0.4) is 0 Å². The molecule has 10 heteroatoms. The first-order valence-corrected chi connectivity index (χ1v) is 9.50. The van der Waals surface area contributed by atoms with Crippen molar-refractivity contribution in [1.82, 2.24) is 34.7 Å². The molecule has 9 nitrogen and oxygen atoms in total. The number of aryl methyl sites for hydroxylation is 1. The van der Waals surface area contributed by atoms with Crippen molar-refractivity contribution in [2.75, 3.05) is 0 Å². The largest absolute Gasteiger partial charge is 0.347 e. The zero-order valence-electron chi connectivity index (χ0n) is 15.3. The lowest BCUT2D eigenvalue weighted by molar-refractivity contribution is -0.121. The van der Waals surface area contributed by atoms with E-state index in [-0.39, 0.29) is 24.6 Å². The molecule has 4 heterocycles. The van der Waals surface area contributed by atoms with Crippen molar-refractivity contribution < 1.29 is 4.79 Å². The summed E-state index contributed by atoms with van der Waals surface area (Å²) in [6.45, 7) is 3.48. The van der Waals surface area contributed by atoms with E-state index >= 15 is 0 Å². The van der Waals surface area contributed by atoms with E-state index in [0.717, 1.165) is 11.3 Å². The lowest BCUT2D eigenvalue weighted by atomic mass is 10.2. The fourth-order valence-corrected chi connectivity index (χ4v) is 3.33. The molecule has 0 unspecified atom stereocenters. The summed E-state index contributed by atoms with van der Waals surface area (Å²) in [5.74, 6) is 0.184. The first kappa shape index (κ1) is 18.0. The number of hydrogen-bond donors (Lipinski definition) is 1. The molecule has 0 fully saturated rings. The Hall–Kier alpha value is -3.40. The predicted molar refractivity (Wildman–Crippen MR) is 104 cm³/mol. The van der Waals surface area contributed by atoms with Gasteiger partial charge < -0.3 is 5.32 Å². The third-order valence-corrected chi connectivity index (χ3v) is 5.10. The van der Waals surface area contributed by atoms with Crippen molar-refractivity contribution in [1.29, 1.82) is 0 Å². The van der Waals surface area contributed by atoms with Crippen LogP contribution in [-0.4, -0.2) is 35.3 Å². The summed E-state index contributed by atoms with van der Waals surface area (Å²) < 4.78 is 2.89. The number of thiophene rings is 1. The van der Waals surface area contributed by atoms with Crippen LogP contribution in [-0.2, 0) is 17.9 Å². The molecule has 0 bridgehead atoms. The van der Waals surface area contributed by atoms with Crippen LogP contribution < -0.4 is 10.9 Å². The predicted octanol–water partition coefficient (Wildman–Crippen LogP) is 1.34. The normalized spacial score (nSPS) is 11.1. The number of aromatic nitrogens is 6. The zero-order chi connectivity index (χ0) is 19.7. The number of carbonyl (C=O) groups excluding carboxylic acids is 1. The molecule has 0 spiro atoms. The molecular weight excluding hydrogens is 378 g/mol. The smallest absolute Gasteiger partial charge is 0.256 e. The Kier molecular flexibility index (Phi) is 4.70. The first-order valence-electron chi connectivity index (χ1n) is 8.56. The fourth-order valence-electron chi connectivity index (χ4n) is 2.68. The van der Waals surface area contributed by atoms with Crippen LogP contribution >= 0.6 is 11.3 Å². The summed E-state index contributed by atoms with van der Waals surface area (Å²) in [6.07, 6.45) is 1.38. The van der Waals surface area contributed by atoms with Gasteiger partial charge in [0.05, 0.1) is 18.6 Å². The maximum Gasteiger partial charge on any atom is 0.256 e. The highest BCUT2D eigenvalue weighted by atomic mass is 32.1. The number of nitrogens with one attached hydrogen (secondary N) is 1. The highest BCUT2D eigenvalue weighted by Gasteiger charge is 2.12. The molecule has 142 valence electrons. The average molecular weight is 395 g/mol.